The van der Waals surface area contributed by atoms with Crippen LogP contribution in [-0.2, 0) is 10.3 Å². The van der Waals surface area contributed by atoms with Crippen molar-refractivity contribution in [2.24, 2.45) is 5.92 Å². The molecule has 2 aliphatic rings. The average Bonchev–Trinajstić information content (AvgIpc) is 3.30. The largest absolute Gasteiger partial charge is 0.573 e. The van der Waals surface area contributed by atoms with Crippen LogP contribution in [0.5, 0.6) is 5.75 Å². The highest BCUT2D eigenvalue weighted by Gasteiger charge is 2.55. The first kappa shape index (κ1) is 26.1. The minimum atomic E-state index is -4.83. The zero-order chi connectivity index (χ0) is 26.3. The first-order chi connectivity index (χ1) is 16.8. The molecule has 7 nitrogen and oxygen atoms in total. The molecule has 0 bridgehead atoms. The maximum absolute atomic E-state index is 13.0. The Labute approximate surface area is 208 Å². The first-order valence-corrected chi connectivity index (χ1v) is 12.1. The van der Waals surface area contributed by atoms with Gasteiger partial charge in [-0.1, -0.05) is 19.1 Å². The molecule has 2 saturated heterocycles. The second kappa shape index (κ2) is 9.46. The fraction of sp³-hybridized carbons (Fsp3) is 0.538. The Hall–Kier alpha value is -3.01. The Morgan fingerprint density at radius 2 is 1.69 bits per heavy atom. The number of benzene rings is 1. The summed E-state index contributed by atoms with van der Waals surface area (Å²) >= 11 is 0. The van der Waals surface area contributed by atoms with Gasteiger partial charge in [0.1, 0.15) is 17.0 Å². The number of alkyl halides is 3. The molecule has 1 aromatic heterocycles. The second-order valence-corrected chi connectivity index (χ2v) is 10.5. The number of carbonyl (C=O) groups excluding carboxylic acids is 1. The van der Waals surface area contributed by atoms with E-state index in [4.69, 9.17) is 4.74 Å². The van der Waals surface area contributed by atoms with Crippen LogP contribution >= 0.6 is 0 Å². The lowest BCUT2D eigenvalue weighted by molar-refractivity contribution is -0.274. The maximum atomic E-state index is 13.0. The molecule has 1 amide bonds. The summed E-state index contributed by atoms with van der Waals surface area (Å²) in [6.45, 7) is 9.31. The summed E-state index contributed by atoms with van der Waals surface area (Å²) in [5.41, 5.74) is -0.874. The van der Waals surface area contributed by atoms with Crippen LogP contribution in [0.1, 0.15) is 51.7 Å². The lowest BCUT2D eigenvalue weighted by atomic mass is 9.71. The van der Waals surface area contributed by atoms with E-state index in [1.54, 1.807) is 27.0 Å². The van der Waals surface area contributed by atoms with Crippen molar-refractivity contribution in [3.63, 3.8) is 0 Å². The molecule has 0 radical (unpaired) electrons. The number of carbonyl (C=O) groups is 1. The third-order valence-corrected chi connectivity index (χ3v) is 6.58. The normalized spacial score (nSPS) is 22.1. The van der Waals surface area contributed by atoms with Gasteiger partial charge in [-0.15, -0.1) is 13.2 Å². The van der Waals surface area contributed by atoms with Gasteiger partial charge >= 0.3 is 12.5 Å². The molecule has 3 atom stereocenters. The number of aromatic nitrogens is 1. The number of nitrogens with zero attached hydrogens (tertiary/aromatic N) is 3. The van der Waals surface area contributed by atoms with Crippen molar-refractivity contribution in [3.8, 4) is 5.75 Å². The van der Waals surface area contributed by atoms with Crippen LogP contribution in [0, 0.1) is 5.92 Å². The molecular formula is C26H32F3N3O4. The summed E-state index contributed by atoms with van der Waals surface area (Å²) in [7, 11) is 0. The number of amides is 1. The Bertz CT molecular complexity index is 1080. The Morgan fingerprint density at radius 1 is 1.06 bits per heavy atom. The molecule has 3 heterocycles. The van der Waals surface area contributed by atoms with Crippen LogP contribution in [0.2, 0.25) is 0 Å². The molecule has 196 valence electrons. The average molecular weight is 508 g/mol. The van der Waals surface area contributed by atoms with E-state index in [1.807, 2.05) is 13.0 Å². The topological polar surface area (TPSA) is 75.1 Å². The first-order valence-electron chi connectivity index (χ1n) is 12.1. The number of likely N-dealkylation sites (tertiary alicyclic amines) is 1. The summed E-state index contributed by atoms with van der Waals surface area (Å²) in [5, 5.41) is 12.4. The molecule has 2 fully saturated rings. The van der Waals surface area contributed by atoms with E-state index >= 15 is 0 Å². The molecule has 0 aliphatic carbocycles. The number of pyridine rings is 1. The van der Waals surface area contributed by atoms with Crippen LogP contribution < -0.4 is 9.64 Å². The highest BCUT2D eigenvalue weighted by molar-refractivity contribution is 5.70. The monoisotopic (exact) mass is 507 g/mol. The maximum Gasteiger partial charge on any atom is 0.573 e. The molecule has 4 rings (SSSR count). The van der Waals surface area contributed by atoms with Crippen LogP contribution in [0.3, 0.4) is 0 Å². The van der Waals surface area contributed by atoms with Crippen LogP contribution in [0.15, 0.2) is 42.7 Å². The highest BCUT2D eigenvalue weighted by Crippen LogP contribution is 2.45. The minimum Gasteiger partial charge on any atom is -0.444 e. The van der Waals surface area contributed by atoms with Gasteiger partial charge < -0.3 is 24.4 Å². The fourth-order valence-corrected chi connectivity index (χ4v) is 5.04. The summed E-state index contributed by atoms with van der Waals surface area (Å²) in [6.07, 6.45) is -0.0158. The highest BCUT2D eigenvalue weighted by atomic mass is 19.4. The zero-order valence-electron chi connectivity index (χ0n) is 20.9. The van der Waals surface area contributed by atoms with Crippen LogP contribution in [-0.4, -0.2) is 58.7 Å². The van der Waals surface area contributed by atoms with Crippen molar-refractivity contribution in [2.75, 3.05) is 24.5 Å². The van der Waals surface area contributed by atoms with E-state index in [1.165, 1.54) is 23.2 Å². The third kappa shape index (κ3) is 5.38. The van der Waals surface area contributed by atoms with Crippen molar-refractivity contribution in [3.05, 3.63) is 53.9 Å². The molecule has 36 heavy (non-hydrogen) atoms. The van der Waals surface area contributed by atoms with Gasteiger partial charge in [0, 0.05) is 31.4 Å². The van der Waals surface area contributed by atoms with Gasteiger partial charge in [0.05, 0.1) is 17.9 Å². The van der Waals surface area contributed by atoms with Gasteiger partial charge in [-0.25, -0.2) is 4.79 Å². The predicted octanol–water partition coefficient (Wildman–Crippen LogP) is 5.07. The van der Waals surface area contributed by atoms with E-state index in [0.29, 0.717) is 17.7 Å². The quantitative estimate of drug-likeness (QED) is 0.609. The van der Waals surface area contributed by atoms with E-state index in [-0.39, 0.29) is 5.92 Å². The van der Waals surface area contributed by atoms with Crippen LogP contribution in [0.25, 0.3) is 0 Å². The number of halogens is 3. The Balaban J connectivity index is 1.76. The lowest BCUT2D eigenvalue weighted by Crippen LogP contribution is -2.67. The second-order valence-electron chi connectivity index (χ2n) is 10.5. The van der Waals surface area contributed by atoms with Crippen molar-refractivity contribution in [1.82, 2.24) is 9.88 Å². The fourth-order valence-electron chi connectivity index (χ4n) is 5.04. The van der Waals surface area contributed by atoms with Crippen molar-refractivity contribution < 1.29 is 32.5 Å². The van der Waals surface area contributed by atoms with E-state index in [0.717, 1.165) is 43.8 Å². The zero-order valence-corrected chi connectivity index (χ0v) is 20.9. The van der Waals surface area contributed by atoms with Gasteiger partial charge in [-0.3, -0.25) is 4.98 Å². The van der Waals surface area contributed by atoms with Gasteiger partial charge in [-0.2, -0.15) is 0 Å². The van der Waals surface area contributed by atoms with Crippen LogP contribution in [0.4, 0.5) is 23.7 Å². The molecule has 10 heteroatoms. The number of anilines is 1. The van der Waals surface area contributed by atoms with E-state index in [9.17, 15) is 23.1 Å². The van der Waals surface area contributed by atoms with Crippen molar-refractivity contribution in [2.45, 2.75) is 64.1 Å². The number of rotatable bonds is 5. The van der Waals surface area contributed by atoms with Gasteiger partial charge in [0.25, 0.3) is 0 Å². The molecule has 3 unspecified atom stereocenters. The lowest BCUT2D eigenvalue weighted by Gasteiger charge is -2.54. The number of aliphatic hydroxyl groups is 1. The van der Waals surface area contributed by atoms with E-state index in [2.05, 4.69) is 14.6 Å². The molecule has 1 aromatic carbocycles. The molecule has 2 aliphatic heterocycles. The van der Waals surface area contributed by atoms with Crippen molar-refractivity contribution in [1.29, 1.82) is 0 Å². The van der Waals surface area contributed by atoms with Gasteiger partial charge in [0.2, 0.25) is 0 Å². The number of hydrogen-bond acceptors (Lipinski definition) is 6. The van der Waals surface area contributed by atoms with Gasteiger partial charge in [0.15, 0.2) is 0 Å². The SMILES string of the molecule is CC1CN(C(=O)OC(C)(C)C)C1C(O)(c1ccc(OC(F)(F)F)cc1)c1cncc(N2CCCC2)c1. The smallest absolute Gasteiger partial charge is 0.444 e. The predicted molar refractivity (Wildman–Crippen MR) is 128 cm³/mol. The summed E-state index contributed by atoms with van der Waals surface area (Å²) < 4.78 is 47.7. The Morgan fingerprint density at radius 3 is 2.25 bits per heavy atom. The summed E-state index contributed by atoms with van der Waals surface area (Å²) in [5.74, 6) is -0.521. The molecular weight excluding hydrogens is 475 g/mol. The molecule has 2 aromatic rings. The third-order valence-electron chi connectivity index (χ3n) is 6.58. The summed E-state index contributed by atoms with van der Waals surface area (Å²) in [6, 6.07) is 6.22. The van der Waals surface area contributed by atoms with Gasteiger partial charge in [-0.05, 0) is 63.3 Å². The summed E-state index contributed by atoms with van der Waals surface area (Å²) in [4.78, 5) is 21.0. The number of ether oxygens (including phenoxy) is 2. The molecule has 0 saturated carbocycles. The Kier molecular flexibility index (Phi) is 6.85. The standard InChI is InChI=1S/C26H32F3N3O4/c1-17-16-32(23(33)36-24(2,3)4)22(17)25(34,18-7-9-21(10-8-18)35-26(27,28)29)19-13-20(15-30-14-19)31-11-5-6-12-31/h7-10,13-15,17,22,34H,5-6,11-12,16H2,1-4H3. The van der Waals surface area contributed by atoms with Crippen molar-refractivity contribution >= 4 is 11.8 Å². The minimum absolute atomic E-state index is 0.121. The van der Waals surface area contributed by atoms with E-state index < -0.39 is 35.4 Å². The molecule has 1 N–H and O–H groups in total. The molecule has 0 spiro atoms. The number of hydrogen-bond donors (Lipinski definition) is 1.